The first-order valence-electron chi connectivity index (χ1n) is 9.05. The van der Waals surface area contributed by atoms with Crippen LogP contribution in [0, 0.1) is 6.92 Å². The number of aryl methyl sites for hydroxylation is 1. The molecule has 1 N–H and O–H groups in total. The number of hydrogen-bond acceptors (Lipinski definition) is 5. The number of carbonyl (C=O) groups is 2. The first-order chi connectivity index (χ1) is 13.5. The Labute approximate surface area is 163 Å². The zero-order chi connectivity index (χ0) is 19.9. The van der Waals surface area contributed by atoms with E-state index in [-0.39, 0.29) is 24.8 Å². The molecule has 1 atom stereocenters. The van der Waals surface area contributed by atoms with Gasteiger partial charge in [-0.25, -0.2) is 0 Å². The molecule has 0 saturated carbocycles. The summed E-state index contributed by atoms with van der Waals surface area (Å²) in [6.45, 7) is 3.57. The second-order valence-electron chi connectivity index (χ2n) is 6.67. The molecule has 144 valence electrons. The summed E-state index contributed by atoms with van der Waals surface area (Å²) in [5.41, 5.74) is 3.69. The SMILES string of the molecule is Cc1ccc(-c2cc(NC(=O)COC(=O)C[C@@H](C)c3ccccc3)on2)cc1. The van der Waals surface area contributed by atoms with Gasteiger partial charge in [0, 0.05) is 11.6 Å². The van der Waals surface area contributed by atoms with Gasteiger partial charge in [-0.15, -0.1) is 0 Å². The third-order valence-electron chi connectivity index (χ3n) is 4.33. The number of aromatic nitrogens is 1. The Balaban J connectivity index is 1.47. The molecule has 6 heteroatoms. The third kappa shape index (κ3) is 5.30. The highest BCUT2D eigenvalue weighted by molar-refractivity contribution is 5.92. The van der Waals surface area contributed by atoms with Gasteiger partial charge in [0.25, 0.3) is 5.91 Å². The summed E-state index contributed by atoms with van der Waals surface area (Å²) < 4.78 is 10.2. The van der Waals surface area contributed by atoms with Gasteiger partial charge in [-0.1, -0.05) is 72.2 Å². The number of benzene rings is 2. The molecule has 0 spiro atoms. The minimum absolute atomic E-state index is 0.0168. The summed E-state index contributed by atoms with van der Waals surface area (Å²) in [5.74, 6) is -0.686. The summed E-state index contributed by atoms with van der Waals surface area (Å²) in [6.07, 6.45) is 0.206. The average molecular weight is 378 g/mol. The van der Waals surface area contributed by atoms with Crippen LogP contribution in [0.3, 0.4) is 0 Å². The summed E-state index contributed by atoms with van der Waals surface area (Å²) >= 11 is 0. The number of esters is 1. The molecule has 0 aliphatic heterocycles. The molecule has 0 aliphatic rings. The molecule has 0 bridgehead atoms. The first-order valence-corrected chi connectivity index (χ1v) is 9.05. The van der Waals surface area contributed by atoms with Crippen molar-refractivity contribution in [3.63, 3.8) is 0 Å². The third-order valence-corrected chi connectivity index (χ3v) is 4.33. The number of nitrogens with zero attached hydrogens (tertiary/aromatic N) is 1. The van der Waals surface area contributed by atoms with E-state index in [1.807, 2.05) is 68.4 Å². The Bertz CT molecular complexity index is 933. The largest absolute Gasteiger partial charge is 0.456 e. The minimum atomic E-state index is -0.479. The zero-order valence-corrected chi connectivity index (χ0v) is 15.8. The van der Waals surface area contributed by atoms with Crippen molar-refractivity contribution in [3.8, 4) is 11.3 Å². The molecule has 1 amide bonds. The van der Waals surface area contributed by atoms with Gasteiger partial charge in [0.15, 0.2) is 6.61 Å². The van der Waals surface area contributed by atoms with Gasteiger partial charge in [-0.05, 0) is 18.4 Å². The molecular formula is C22H22N2O4. The normalized spacial score (nSPS) is 11.6. The maximum atomic E-state index is 12.0. The number of ether oxygens (including phenoxy) is 1. The van der Waals surface area contributed by atoms with Gasteiger partial charge < -0.3 is 9.26 Å². The van der Waals surface area contributed by atoms with Crippen LogP contribution in [0.1, 0.15) is 30.4 Å². The summed E-state index contributed by atoms with van der Waals surface area (Å²) in [6, 6.07) is 19.1. The van der Waals surface area contributed by atoms with Crippen molar-refractivity contribution in [2.45, 2.75) is 26.2 Å². The van der Waals surface area contributed by atoms with Gasteiger partial charge in [0.05, 0.1) is 6.42 Å². The number of hydrogen-bond donors (Lipinski definition) is 1. The van der Waals surface area contributed by atoms with Gasteiger partial charge in [-0.3, -0.25) is 14.9 Å². The molecule has 6 nitrogen and oxygen atoms in total. The van der Waals surface area contributed by atoms with Crippen molar-refractivity contribution in [1.82, 2.24) is 5.16 Å². The predicted molar refractivity (Wildman–Crippen MR) is 106 cm³/mol. The fourth-order valence-corrected chi connectivity index (χ4v) is 2.72. The summed E-state index contributed by atoms with van der Waals surface area (Å²) in [7, 11) is 0. The van der Waals surface area contributed by atoms with Gasteiger partial charge in [-0.2, -0.15) is 0 Å². The van der Waals surface area contributed by atoms with E-state index in [0.717, 1.165) is 16.7 Å². The number of amides is 1. The molecule has 2 aromatic carbocycles. The van der Waals surface area contributed by atoms with E-state index in [1.165, 1.54) is 0 Å². The quantitative estimate of drug-likeness (QED) is 0.619. The Morgan fingerprint density at radius 2 is 1.82 bits per heavy atom. The Hall–Kier alpha value is -3.41. The Kier molecular flexibility index (Phi) is 6.22. The van der Waals surface area contributed by atoms with E-state index in [0.29, 0.717) is 5.69 Å². The topological polar surface area (TPSA) is 81.4 Å². The van der Waals surface area contributed by atoms with Crippen LogP contribution >= 0.6 is 0 Å². The van der Waals surface area contributed by atoms with E-state index < -0.39 is 11.9 Å². The fourth-order valence-electron chi connectivity index (χ4n) is 2.72. The standard InChI is InChI=1S/C22H22N2O4/c1-15-8-10-18(11-9-15)19-13-21(28-24-19)23-20(25)14-27-22(26)12-16(2)17-6-4-3-5-7-17/h3-11,13,16H,12,14H2,1-2H3,(H,23,25)/t16-/m1/s1. The van der Waals surface area contributed by atoms with Gasteiger partial charge in [0.1, 0.15) is 5.69 Å². The van der Waals surface area contributed by atoms with Crippen molar-refractivity contribution in [2.75, 3.05) is 11.9 Å². The minimum Gasteiger partial charge on any atom is -0.456 e. The van der Waals surface area contributed by atoms with Crippen molar-refractivity contribution in [1.29, 1.82) is 0 Å². The van der Waals surface area contributed by atoms with Crippen molar-refractivity contribution in [2.24, 2.45) is 0 Å². The summed E-state index contributed by atoms with van der Waals surface area (Å²) in [4.78, 5) is 23.9. The lowest BCUT2D eigenvalue weighted by molar-refractivity contribution is -0.147. The molecule has 28 heavy (non-hydrogen) atoms. The second-order valence-corrected chi connectivity index (χ2v) is 6.67. The molecular weight excluding hydrogens is 356 g/mol. The highest BCUT2D eigenvalue weighted by atomic mass is 16.5. The maximum absolute atomic E-state index is 12.0. The molecule has 0 aliphatic carbocycles. The van der Waals surface area contributed by atoms with Crippen LogP contribution < -0.4 is 5.32 Å². The van der Waals surface area contributed by atoms with Crippen LogP contribution in [0.25, 0.3) is 11.3 Å². The van der Waals surface area contributed by atoms with Crippen LogP contribution in [0.4, 0.5) is 5.88 Å². The first kappa shape index (κ1) is 19.4. The lowest BCUT2D eigenvalue weighted by Gasteiger charge is -2.11. The van der Waals surface area contributed by atoms with Crippen molar-refractivity contribution < 1.29 is 18.8 Å². The van der Waals surface area contributed by atoms with Crippen molar-refractivity contribution in [3.05, 3.63) is 71.8 Å². The molecule has 1 aromatic heterocycles. The average Bonchev–Trinajstić information content (AvgIpc) is 3.16. The highest BCUT2D eigenvalue weighted by Gasteiger charge is 2.15. The summed E-state index contributed by atoms with van der Waals surface area (Å²) in [5, 5.41) is 6.48. The maximum Gasteiger partial charge on any atom is 0.306 e. The smallest absolute Gasteiger partial charge is 0.306 e. The molecule has 0 fully saturated rings. The van der Waals surface area contributed by atoms with Crippen LogP contribution in [-0.2, 0) is 14.3 Å². The number of nitrogens with one attached hydrogen (secondary N) is 1. The number of rotatable bonds is 7. The predicted octanol–water partition coefficient (Wildman–Crippen LogP) is 4.33. The van der Waals surface area contributed by atoms with Gasteiger partial charge >= 0.3 is 5.97 Å². The van der Waals surface area contributed by atoms with E-state index in [2.05, 4.69) is 10.5 Å². The zero-order valence-electron chi connectivity index (χ0n) is 15.8. The molecule has 0 unspecified atom stereocenters. The van der Waals surface area contributed by atoms with E-state index >= 15 is 0 Å². The van der Waals surface area contributed by atoms with Crippen LogP contribution in [0.2, 0.25) is 0 Å². The van der Waals surface area contributed by atoms with E-state index in [9.17, 15) is 9.59 Å². The molecule has 1 heterocycles. The number of anilines is 1. The number of carbonyl (C=O) groups excluding carboxylic acids is 2. The molecule has 0 saturated heterocycles. The molecule has 3 aromatic rings. The van der Waals surface area contributed by atoms with Crippen LogP contribution in [0.15, 0.2) is 65.2 Å². The lowest BCUT2D eigenvalue weighted by Crippen LogP contribution is -2.21. The Morgan fingerprint density at radius 3 is 2.54 bits per heavy atom. The van der Waals surface area contributed by atoms with E-state index in [4.69, 9.17) is 9.26 Å². The molecule has 0 radical (unpaired) electrons. The fraction of sp³-hybridized carbons (Fsp3) is 0.227. The highest BCUT2D eigenvalue weighted by Crippen LogP contribution is 2.22. The lowest BCUT2D eigenvalue weighted by atomic mass is 9.98. The van der Waals surface area contributed by atoms with Gasteiger partial charge in [0.2, 0.25) is 5.88 Å². The van der Waals surface area contributed by atoms with Crippen LogP contribution in [-0.4, -0.2) is 23.6 Å². The van der Waals surface area contributed by atoms with Crippen molar-refractivity contribution >= 4 is 17.8 Å². The monoisotopic (exact) mass is 378 g/mol. The second kappa shape index (κ2) is 8.99. The molecule has 3 rings (SSSR count). The van der Waals surface area contributed by atoms with Crippen LogP contribution in [0.5, 0.6) is 0 Å². The Morgan fingerprint density at radius 1 is 1.11 bits per heavy atom. The van der Waals surface area contributed by atoms with E-state index in [1.54, 1.807) is 6.07 Å².